The number of aliphatic hydroxyl groups is 1. The average molecular weight is 307 g/mol. The minimum atomic E-state index is -0.711. The Morgan fingerprint density at radius 1 is 1.00 bits per heavy atom. The van der Waals surface area contributed by atoms with E-state index >= 15 is 0 Å². The number of aromatic nitrogens is 1. The highest BCUT2D eigenvalue weighted by atomic mass is 16.3. The number of aromatic amines is 1. The number of hydrogen-bond donors (Lipinski definition) is 2. The van der Waals surface area contributed by atoms with Crippen LogP contribution in [0, 0.1) is 0 Å². The predicted molar refractivity (Wildman–Crippen MR) is 93.8 cm³/mol. The van der Waals surface area contributed by atoms with Crippen LogP contribution in [0.4, 0.5) is 0 Å². The summed E-state index contributed by atoms with van der Waals surface area (Å²) in [6.45, 7) is 3.60. The van der Waals surface area contributed by atoms with Gasteiger partial charge in [0.15, 0.2) is 0 Å². The maximum absolute atomic E-state index is 12.2. The van der Waals surface area contributed by atoms with Gasteiger partial charge in [-0.1, -0.05) is 42.5 Å². The third-order valence-electron chi connectivity index (χ3n) is 3.88. The summed E-state index contributed by atoms with van der Waals surface area (Å²) >= 11 is 0. The van der Waals surface area contributed by atoms with E-state index in [9.17, 15) is 9.90 Å². The second kappa shape index (κ2) is 6.01. The highest BCUT2D eigenvalue weighted by Gasteiger charge is 2.13. The molecule has 0 aliphatic carbocycles. The first-order valence-electron chi connectivity index (χ1n) is 7.82. The predicted octanol–water partition coefficient (Wildman–Crippen LogP) is 3.43. The zero-order valence-corrected chi connectivity index (χ0v) is 13.5. The van der Waals surface area contributed by atoms with Crippen LogP contribution in [0.25, 0.3) is 10.9 Å². The summed E-state index contributed by atoms with van der Waals surface area (Å²) in [6.07, 6.45) is 1.22. The summed E-state index contributed by atoms with van der Waals surface area (Å²) < 4.78 is 0. The lowest BCUT2D eigenvalue weighted by atomic mass is 9.96. The molecule has 0 amide bonds. The summed E-state index contributed by atoms with van der Waals surface area (Å²) in [4.78, 5) is 15.1. The summed E-state index contributed by atoms with van der Waals surface area (Å²) in [5, 5.41) is 10.9. The molecular formula is C20H21NO2. The molecule has 23 heavy (non-hydrogen) atoms. The molecule has 118 valence electrons. The number of para-hydroxylation sites is 1. The molecule has 0 radical (unpaired) electrons. The third kappa shape index (κ3) is 3.88. The van der Waals surface area contributed by atoms with Gasteiger partial charge in [-0.2, -0.15) is 0 Å². The fraction of sp³-hybridized carbons (Fsp3) is 0.250. The Morgan fingerprint density at radius 2 is 1.65 bits per heavy atom. The molecule has 0 aliphatic heterocycles. The summed E-state index contributed by atoms with van der Waals surface area (Å²) in [5.41, 5.74) is 3.06. The van der Waals surface area contributed by atoms with Crippen LogP contribution >= 0.6 is 0 Å². The molecule has 0 atom stereocenters. The van der Waals surface area contributed by atoms with E-state index in [0.29, 0.717) is 12.8 Å². The monoisotopic (exact) mass is 307 g/mol. The molecule has 0 unspecified atom stereocenters. The van der Waals surface area contributed by atoms with Crippen LogP contribution in [0.15, 0.2) is 59.4 Å². The number of hydrogen-bond acceptors (Lipinski definition) is 2. The maximum atomic E-state index is 12.2. The van der Waals surface area contributed by atoms with Crippen molar-refractivity contribution in [3.05, 3.63) is 81.6 Å². The Labute approximate surface area is 135 Å². The van der Waals surface area contributed by atoms with Crippen molar-refractivity contribution < 1.29 is 5.11 Å². The summed E-state index contributed by atoms with van der Waals surface area (Å²) in [7, 11) is 0. The van der Waals surface area contributed by atoms with E-state index in [4.69, 9.17) is 0 Å². The van der Waals surface area contributed by atoms with Gasteiger partial charge in [0, 0.05) is 23.9 Å². The van der Waals surface area contributed by atoms with Crippen molar-refractivity contribution in [2.24, 2.45) is 0 Å². The largest absolute Gasteiger partial charge is 0.390 e. The molecule has 0 saturated heterocycles. The van der Waals surface area contributed by atoms with E-state index in [-0.39, 0.29) is 5.56 Å². The number of fused-ring (bicyclic) bond motifs is 1. The smallest absolute Gasteiger partial charge is 0.251 e. The van der Waals surface area contributed by atoms with Crippen molar-refractivity contribution in [3.8, 4) is 0 Å². The first-order valence-corrected chi connectivity index (χ1v) is 7.82. The van der Waals surface area contributed by atoms with Crippen molar-refractivity contribution >= 4 is 10.9 Å². The zero-order valence-electron chi connectivity index (χ0n) is 13.5. The van der Waals surface area contributed by atoms with E-state index in [1.54, 1.807) is 13.8 Å². The Balaban J connectivity index is 1.84. The molecular weight excluding hydrogens is 286 g/mol. The lowest BCUT2D eigenvalue weighted by molar-refractivity contribution is 0.0810. The SMILES string of the molecule is CC(C)(O)Cc1ccc(Cc2cc3ccccc3[nH]c2=O)cc1. The van der Waals surface area contributed by atoms with Gasteiger partial charge in [0.2, 0.25) is 0 Å². The van der Waals surface area contributed by atoms with Crippen LogP contribution in [0.3, 0.4) is 0 Å². The Bertz CT molecular complexity index is 871. The lowest BCUT2D eigenvalue weighted by Gasteiger charge is -2.17. The van der Waals surface area contributed by atoms with Crippen LogP contribution in [0.5, 0.6) is 0 Å². The number of rotatable bonds is 4. The molecule has 3 rings (SSSR count). The van der Waals surface area contributed by atoms with Crippen LogP contribution in [0.1, 0.15) is 30.5 Å². The van der Waals surface area contributed by atoms with Gasteiger partial charge in [-0.05, 0) is 42.5 Å². The summed E-state index contributed by atoms with van der Waals surface area (Å²) in [6, 6.07) is 17.8. The Morgan fingerprint density at radius 3 is 2.35 bits per heavy atom. The van der Waals surface area contributed by atoms with Crippen LogP contribution < -0.4 is 5.56 Å². The van der Waals surface area contributed by atoms with E-state index in [1.165, 1.54) is 0 Å². The van der Waals surface area contributed by atoms with Gasteiger partial charge in [-0.25, -0.2) is 0 Å². The molecule has 2 N–H and O–H groups in total. The number of benzene rings is 2. The first-order chi connectivity index (χ1) is 10.9. The van der Waals surface area contributed by atoms with Gasteiger partial charge < -0.3 is 10.1 Å². The van der Waals surface area contributed by atoms with Gasteiger partial charge in [-0.15, -0.1) is 0 Å². The van der Waals surface area contributed by atoms with E-state index in [2.05, 4.69) is 4.98 Å². The highest BCUT2D eigenvalue weighted by molar-refractivity contribution is 5.78. The standard InChI is InChI=1S/C20H21NO2/c1-20(2,23)13-15-9-7-14(8-10-15)11-17-12-16-5-3-4-6-18(16)21-19(17)22/h3-10,12,23H,11,13H2,1-2H3,(H,21,22). The van der Waals surface area contributed by atoms with Gasteiger partial charge in [-0.3, -0.25) is 4.79 Å². The lowest BCUT2D eigenvalue weighted by Crippen LogP contribution is -2.21. The molecule has 0 saturated carbocycles. The van der Waals surface area contributed by atoms with Gasteiger partial charge in [0.05, 0.1) is 5.60 Å². The van der Waals surface area contributed by atoms with E-state index < -0.39 is 5.60 Å². The molecule has 3 heteroatoms. The van der Waals surface area contributed by atoms with Crippen LogP contribution in [0.2, 0.25) is 0 Å². The maximum Gasteiger partial charge on any atom is 0.251 e. The molecule has 1 heterocycles. The highest BCUT2D eigenvalue weighted by Crippen LogP contribution is 2.16. The molecule has 0 aliphatic rings. The van der Waals surface area contributed by atoms with Crippen molar-refractivity contribution in [1.82, 2.24) is 4.98 Å². The molecule has 0 bridgehead atoms. The number of H-pyrrole nitrogens is 1. The Hall–Kier alpha value is -2.39. The van der Waals surface area contributed by atoms with Gasteiger partial charge in [0.1, 0.15) is 0 Å². The van der Waals surface area contributed by atoms with Crippen molar-refractivity contribution in [2.45, 2.75) is 32.3 Å². The molecule has 2 aromatic carbocycles. The zero-order chi connectivity index (χ0) is 16.4. The average Bonchev–Trinajstić information content (AvgIpc) is 2.48. The number of nitrogens with one attached hydrogen (secondary N) is 1. The van der Waals surface area contributed by atoms with Crippen LogP contribution in [-0.4, -0.2) is 15.7 Å². The van der Waals surface area contributed by atoms with Gasteiger partial charge >= 0.3 is 0 Å². The normalized spacial score (nSPS) is 11.8. The van der Waals surface area contributed by atoms with Crippen molar-refractivity contribution in [1.29, 1.82) is 0 Å². The second-order valence-electron chi connectivity index (χ2n) is 6.69. The first kappa shape index (κ1) is 15.5. The van der Waals surface area contributed by atoms with Crippen molar-refractivity contribution in [2.75, 3.05) is 0 Å². The number of pyridine rings is 1. The molecule has 3 nitrogen and oxygen atoms in total. The fourth-order valence-corrected chi connectivity index (χ4v) is 2.82. The third-order valence-corrected chi connectivity index (χ3v) is 3.88. The minimum absolute atomic E-state index is 0.0377. The topological polar surface area (TPSA) is 53.1 Å². The summed E-state index contributed by atoms with van der Waals surface area (Å²) in [5.74, 6) is 0. The second-order valence-corrected chi connectivity index (χ2v) is 6.69. The fourth-order valence-electron chi connectivity index (χ4n) is 2.82. The molecule has 3 aromatic rings. The van der Waals surface area contributed by atoms with Crippen molar-refractivity contribution in [3.63, 3.8) is 0 Å². The molecule has 0 spiro atoms. The molecule has 1 aromatic heterocycles. The van der Waals surface area contributed by atoms with E-state index in [1.807, 2.05) is 54.6 Å². The molecule has 0 fully saturated rings. The van der Waals surface area contributed by atoms with E-state index in [0.717, 1.165) is 27.6 Å². The van der Waals surface area contributed by atoms with Crippen LogP contribution in [-0.2, 0) is 12.8 Å². The Kier molecular flexibility index (Phi) is 4.05. The quantitative estimate of drug-likeness (QED) is 0.776. The minimum Gasteiger partial charge on any atom is -0.390 e. The van der Waals surface area contributed by atoms with Gasteiger partial charge in [0.25, 0.3) is 5.56 Å².